The van der Waals surface area contributed by atoms with Crippen LogP contribution < -0.4 is 0 Å². The SMILES string of the molecule is Cc1cc(-c2c(-c3ccccc3)cccc2C(C)C)ccc1-n1c(-c2cc(C(C)C)cc(C(C)C)c2O)nc2c(-c3[c-]c(-c4cc(-c5ccc(C(C)(C)C)cc5)ccn4)cc(C(C)(C)C)c3)cccc21.[Pt]. The zero-order chi connectivity index (χ0) is 49.8. The molecule has 9 rings (SSSR count). The largest absolute Gasteiger partial charge is 0.507 e. The summed E-state index contributed by atoms with van der Waals surface area (Å²) in [6.07, 6.45) is 1.91. The Labute approximate surface area is 437 Å². The zero-order valence-corrected chi connectivity index (χ0v) is 46.0. The predicted octanol–water partition coefficient (Wildman–Crippen LogP) is 18.2. The molecule has 0 spiro atoms. The Morgan fingerprint density at radius 3 is 1.83 bits per heavy atom. The summed E-state index contributed by atoms with van der Waals surface area (Å²) in [5, 5.41) is 12.4. The Kier molecular flexibility index (Phi) is 14.4. The maximum atomic E-state index is 12.4. The summed E-state index contributed by atoms with van der Waals surface area (Å²) < 4.78 is 2.28. The van der Waals surface area contributed by atoms with Crippen molar-refractivity contribution >= 4 is 11.0 Å². The van der Waals surface area contributed by atoms with Gasteiger partial charge in [-0.05, 0) is 127 Å². The van der Waals surface area contributed by atoms with Gasteiger partial charge in [-0.25, -0.2) is 4.98 Å². The summed E-state index contributed by atoms with van der Waals surface area (Å²) in [7, 11) is 0. The minimum absolute atomic E-state index is 0. The third kappa shape index (κ3) is 10.1. The number of aromatic nitrogens is 3. The molecule has 5 heteroatoms. The maximum absolute atomic E-state index is 12.4. The Bertz CT molecular complexity index is 3380. The fraction of sp³-hybridized carbons (Fsp3) is 0.273. The standard InChI is InChI=1S/C66H68N3O.Pt/c1-40(2)48-37-56(42(5)6)63(70)57(38-48)64-68-62-55(49-34-50(36-52(35-49)66(11,12)13)58-39-46(31-32-67-58)44-25-28-51(29-26-44)65(8,9)10)23-18-24-60(62)69(64)59-30-27-47(33-43(59)7)61-53(41(3)4)21-17-22-54(61)45-19-15-14-16-20-45;/h14-33,35-42,70H,1-13H3;/q-1;. The first-order valence-corrected chi connectivity index (χ1v) is 25.1. The molecule has 4 nitrogen and oxygen atoms in total. The topological polar surface area (TPSA) is 50.9 Å². The van der Waals surface area contributed by atoms with Gasteiger partial charge in [0.1, 0.15) is 11.6 Å². The van der Waals surface area contributed by atoms with Gasteiger partial charge in [-0.1, -0.05) is 197 Å². The van der Waals surface area contributed by atoms with E-state index in [0.717, 1.165) is 72.5 Å². The van der Waals surface area contributed by atoms with E-state index in [1.807, 2.05) is 6.20 Å². The third-order valence-corrected chi connectivity index (χ3v) is 14.1. The summed E-state index contributed by atoms with van der Waals surface area (Å²) in [6.45, 7) is 29.0. The first-order chi connectivity index (χ1) is 33.3. The van der Waals surface area contributed by atoms with Crippen LogP contribution in [0.3, 0.4) is 0 Å². The quantitative estimate of drug-likeness (QED) is 0.139. The normalized spacial score (nSPS) is 12.1. The van der Waals surface area contributed by atoms with Gasteiger partial charge in [0.25, 0.3) is 0 Å². The second kappa shape index (κ2) is 20.0. The molecule has 0 amide bonds. The molecule has 364 valence electrons. The second-order valence-corrected chi connectivity index (χ2v) is 22.3. The van der Waals surface area contributed by atoms with Crippen LogP contribution in [0.15, 0.2) is 152 Å². The summed E-state index contributed by atoms with van der Waals surface area (Å²) >= 11 is 0. The molecule has 0 aliphatic heterocycles. The number of fused-ring (bicyclic) bond motifs is 1. The molecule has 0 saturated heterocycles. The average Bonchev–Trinajstić information content (AvgIpc) is 3.72. The Morgan fingerprint density at radius 2 is 1.18 bits per heavy atom. The summed E-state index contributed by atoms with van der Waals surface area (Å²) in [6, 6.07) is 56.6. The minimum atomic E-state index is -0.166. The Balaban J connectivity index is 0.00000676. The van der Waals surface area contributed by atoms with Crippen molar-refractivity contribution in [2.24, 2.45) is 0 Å². The number of rotatable bonds is 10. The van der Waals surface area contributed by atoms with Crippen LogP contribution >= 0.6 is 0 Å². The van der Waals surface area contributed by atoms with Gasteiger partial charge in [-0.2, -0.15) is 0 Å². The van der Waals surface area contributed by atoms with E-state index in [9.17, 15) is 5.11 Å². The van der Waals surface area contributed by atoms with Crippen molar-refractivity contribution in [3.05, 3.63) is 191 Å². The number of para-hydroxylation sites is 1. The number of pyridine rings is 1. The molecule has 0 aliphatic carbocycles. The van der Waals surface area contributed by atoms with Crippen molar-refractivity contribution in [1.29, 1.82) is 0 Å². The van der Waals surface area contributed by atoms with Crippen LogP contribution in [0.25, 0.3) is 83.9 Å². The monoisotopic (exact) mass is 1110 g/mol. The van der Waals surface area contributed by atoms with E-state index < -0.39 is 0 Å². The van der Waals surface area contributed by atoms with Gasteiger partial charge in [-0.3, -0.25) is 9.55 Å². The van der Waals surface area contributed by atoms with Crippen LogP contribution in [0.4, 0.5) is 0 Å². The molecule has 71 heavy (non-hydrogen) atoms. The van der Waals surface area contributed by atoms with Crippen molar-refractivity contribution in [2.75, 3.05) is 0 Å². The third-order valence-electron chi connectivity index (χ3n) is 14.1. The number of phenols is 1. The van der Waals surface area contributed by atoms with E-state index >= 15 is 0 Å². The Morgan fingerprint density at radius 1 is 0.535 bits per heavy atom. The van der Waals surface area contributed by atoms with E-state index in [0.29, 0.717) is 11.7 Å². The molecule has 2 aromatic heterocycles. The van der Waals surface area contributed by atoms with Crippen LogP contribution in [-0.4, -0.2) is 19.6 Å². The number of aryl methyl sites for hydroxylation is 1. The number of nitrogens with zero attached hydrogens (tertiary/aromatic N) is 3. The van der Waals surface area contributed by atoms with E-state index in [1.54, 1.807) is 0 Å². The van der Waals surface area contributed by atoms with Crippen LogP contribution in [0.5, 0.6) is 5.75 Å². The van der Waals surface area contributed by atoms with E-state index in [-0.39, 0.29) is 49.5 Å². The molecular formula is C66H68N3OPt-. The first-order valence-electron chi connectivity index (χ1n) is 25.1. The molecule has 7 aromatic carbocycles. The fourth-order valence-electron chi connectivity index (χ4n) is 9.86. The number of phenolic OH excluding ortho intramolecular Hbond substituents is 1. The smallest absolute Gasteiger partial charge is 0.148 e. The number of aromatic hydroxyl groups is 1. The number of benzene rings is 7. The van der Waals surface area contributed by atoms with Crippen molar-refractivity contribution in [2.45, 2.75) is 119 Å². The average molecular weight is 1110 g/mol. The summed E-state index contributed by atoms with van der Waals surface area (Å²) in [4.78, 5) is 10.6. The van der Waals surface area contributed by atoms with Crippen molar-refractivity contribution in [3.63, 3.8) is 0 Å². The van der Waals surface area contributed by atoms with E-state index in [4.69, 9.17) is 9.97 Å². The van der Waals surface area contributed by atoms with Crippen LogP contribution in [0, 0.1) is 13.0 Å². The van der Waals surface area contributed by atoms with Crippen LogP contribution in [-0.2, 0) is 31.9 Å². The molecule has 2 heterocycles. The minimum Gasteiger partial charge on any atom is -0.507 e. The molecule has 0 fully saturated rings. The molecule has 9 aromatic rings. The zero-order valence-electron chi connectivity index (χ0n) is 43.8. The molecule has 0 saturated carbocycles. The van der Waals surface area contributed by atoms with Gasteiger partial charge in [0.15, 0.2) is 0 Å². The first kappa shape index (κ1) is 51.0. The van der Waals surface area contributed by atoms with E-state index in [1.165, 1.54) is 38.9 Å². The van der Waals surface area contributed by atoms with Gasteiger partial charge >= 0.3 is 0 Å². The molecule has 0 radical (unpaired) electrons. The second-order valence-electron chi connectivity index (χ2n) is 22.3. The van der Waals surface area contributed by atoms with Crippen LogP contribution in [0.1, 0.15) is 134 Å². The van der Waals surface area contributed by atoms with Gasteiger partial charge in [-0.15, -0.1) is 29.3 Å². The molecule has 0 atom stereocenters. The van der Waals surface area contributed by atoms with Crippen molar-refractivity contribution in [1.82, 2.24) is 14.5 Å². The Hall–Kier alpha value is -6.35. The van der Waals surface area contributed by atoms with Crippen molar-refractivity contribution < 1.29 is 26.2 Å². The number of hydrogen-bond acceptors (Lipinski definition) is 3. The predicted molar refractivity (Wildman–Crippen MR) is 296 cm³/mol. The molecular weight excluding hydrogens is 1050 g/mol. The number of hydrogen-bond donors (Lipinski definition) is 1. The van der Waals surface area contributed by atoms with E-state index in [2.05, 4.69) is 246 Å². The van der Waals surface area contributed by atoms with Gasteiger partial charge < -0.3 is 5.11 Å². The van der Waals surface area contributed by atoms with Gasteiger partial charge in [0.2, 0.25) is 0 Å². The number of imidazole rings is 1. The van der Waals surface area contributed by atoms with Gasteiger partial charge in [0, 0.05) is 33.0 Å². The molecule has 0 bridgehead atoms. The summed E-state index contributed by atoms with van der Waals surface area (Å²) in [5.74, 6) is 1.65. The molecule has 0 aliphatic rings. The van der Waals surface area contributed by atoms with Crippen LogP contribution in [0.2, 0.25) is 0 Å². The molecule has 1 N–H and O–H groups in total. The summed E-state index contributed by atoms with van der Waals surface area (Å²) in [5.41, 5.74) is 21.2. The molecule has 0 unspecified atom stereocenters. The fourth-order valence-corrected chi connectivity index (χ4v) is 9.86. The van der Waals surface area contributed by atoms with Crippen molar-refractivity contribution in [3.8, 4) is 78.6 Å². The van der Waals surface area contributed by atoms with Gasteiger partial charge in [0.05, 0.1) is 22.3 Å². The maximum Gasteiger partial charge on any atom is 0.148 e.